The van der Waals surface area contributed by atoms with E-state index in [9.17, 15) is 0 Å². The summed E-state index contributed by atoms with van der Waals surface area (Å²) >= 11 is 18.6. The molecule has 2 aliphatic heterocycles. The van der Waals surface area contributed by atoms with E-state index in [0.29, 0.717) is 0 Å². The molecule has 0 fully saturated rings. The van der Waals surface area contributed by atoms with Gasteiger partial charge in [-0.2, -0.15) is 11.3 Å². The minimum Gasteiger partial charge on any atom is -0.150 e. The quantitative estimate of drug-likeness (QED) is 0.343. The van der Waals surface area contributed by atoms with Crippen molar-refractivity contribution in [2.24, 2.45) is 0 Å². The Hall–Kier alpha value is 1.76. The number of thiophene rings is 2. The van der Waals surface area contributed by atoms with Crippen LogP contribution in [-0.4, -0.2) is 23.0 Å². The molecule has 0 saturated carbocycles. The highest BCUT2D eigenvalue weighted by molar-refractivity contribution is 9.12. The Balaban J connectivity index is 0.000000149. The summed E-state index contributed by atoms with van der Waals surface area (Å²) in [5, 5.41) is 4.48. The molecule has 21 heavy (non-hydrogen) atoms. The first-order valence-corrected chi connectivity index (χ1v) is 13.1. The monoisotopic (exact) mass is 520 g/mol. The van der Waals surface area contributed by atoms with Gasteiger partial charge in [0.2, 0.25) is 0 Å². The van der Waals surface area contributed by atoms with Crippen molar-refractivity contribution < 1.29 is 0 Å². The van der Waals surface area contributed by atoms with Crippen LogP contribution in [0.4, 0.5) is 0 Å². The molecule has 8 heteroatoms. The fourth-order valence-electron chi connectivity index (χ4n) is 1.67. The van der Waals surface area contributed by atoms with Crippen molar-refractivity contribution >= 4 is 102 Å². The van der Waals surface area contributed by atoms with Crippen molar-refractivity contribution in [3.63, 3.8) is 0 Å². The summed E-state index contributed by atoms with van der Waals surface area (Å²) in [6.07, 6.45) is 0. The van der Waals surface area contributed by atoms with Crippen LogP contribution < -0.4 is 0 Å². The zero-order valence-electron chi connectivity index (χ0n) is 10.2. The largest absolute Gasteiger partial charge is 0.150 e. The fourth-order valence-corrected chi connectivity index (χ4v) is 11.5. The lowest BCUT2D eigenvalue weighted by molar-refractivity contribution is 1.26. The van der Waals surface area contributed by atoms with E-state index in [0.717, 1.165) is 0 Å². The fraction of sp³-hybridized carbons (Fsp3) is 0.385. The second-order valence-electron chi connectivity index (χ2n) is 3.80. The van der Waals surface area contributed by atoms with Crippen LogP contribution in [0.2, 0.25) is 0 Å². The normalized spacial score (nSPS) is 16.1. The van der Waals surface area contributed by atoms with E-state index >= 15 is 0 Å². The van der Waals surface area contributed by atoms with Crippen molar-refractivity contribution in [3.05, 3.63) is 18.3 Å². The van der Waals surface area contributed by atoms with Crippen LogP contribution in [0.25, 0.3) is 0 Å². The van der Waals surface area contributed by atoms with Gasteiger partial charge >= 0.3 is 0 Å². The van der Waals surface area contributed by atoms with Crippen molar-refractivity contribution in [1.82, 2.24) is 0 Å². The second kappa shape index (κ2) is 9.30. The van der Waals surface area contributed by atoms with Crippen molar-refractivity contribution in [2.45, 2.75) is 27.0 Å². The van der Waals surface area contributed by atoms with Crippen LogP contribution in [0.3, 0.4) is 0 Å². The van der Waals surface area contributed by atoms with Crippen LogP contribution in [0.15, 0.2) is 37.9 Å². The van der Waals surface area contributed by atoms with Gasteiger partial charge < -0.3 is 0 Å². The van der Waals surface area contributed by atoms with Gasteiger partial charge in [-0.3, -0.25) is 0 Å². The zero-order valence-corrected chi connectivity index (χ0v) is 18.3. The Labute approximate surface area is 168 Å². The van der Waals surface area contributed by atoms with E-state index in [-0.39, 0.29) is 7.43 Å². The topological polar surface area (TPSA) is 0 Å². The van der Waals surface area contributed by atoms with E-state index in [1.54, 1.807) is 11.3 Å². The lowest BCUT2D eigenvalue weighted by Gasteiger charge is -2.10. The molecule has 0 aromatic carbocycles. The third kappa shape index (κ3) is 4.87. The third-order valence-electron chi connectivity index (χ3n) is 2.51. The number of fused-ring (bicyclic) bond motifs is 2. The average Bonchev–Trinajstić information content (AvgIpc) is 3.06. The Bertz CT molecular complexity index is 544. The summed E-state index contributed by atoms with van der Waals surface area (Å²) in [5.74, 6) is 5.04. The van der Waals surface area contributed by atoms with Gasteiger partial charge in [-0.1, -0.05) is 7.43 Å². The molecule has 0 radical (unpaired) electrons. The Kier molecular flexibility index (Phi) is 8.45. The molecule has 0 saturated heterocycles. The standard InChI is InChI=1S/C6H4Br2S3.C6H6S3.CH4/c7-5-3-4(6(8)11-5)10-2-1-9-3;1-2-9-6-4-7-3-5(6)8-1;/h1-2H2;3-4H,1-2H2;1H4. The lowest BCUT2D eigenvalue weighted by Crippen LogP contribution is -1.90. The molecule has 116 valence electrons. The summed E-state index contributed by atoms with van der Waals surface area (Å²) in [6, 6.07) is 0. The number of hydrogen-bond acceptors (Lipinski definition) is 6. The van der Waals surface area contributed by atoms with Gasteiger partial charge in [-0.05, 0) is 31.9 Å². The molecule has 4 heterocycles. The highest BCUT2D eigenvalue weighted by atomic mass is 79.9. The maximum atomic E-state index is 3.56. The van der Waals surface area contributed by atoms with Crippen molar-refractivity contribution in [2.75, 3.05) is 23.0 Å². The molecule has 0 atom stereocenters. The van der Waals surface area contributed by atoms with E-state index in [4.69, 9.17) is 0 Å². The molecule has 2 aromatic rings. The van der Waals surface area contributed by atoms with Gasteiger partial charge in [-0.25, -0.2) is 0 Å². The summed E-state index contributed by atoms with van der Waals surface area (Å²) in [5.41, 5.74) is 0. The Morgan fingerprint density at radius 2 is 1.14 bits per heavy atom. The number of thioether (sulfide) groups is 4. The van der Waals surface area contributed by atoms with Gasteiger partial charge in [0, 0.05) is 53.4 Å². The smallest absolute Gasteiger partial charge is 0.0857 e. The first-order chi connectivity index (χ1) is 9.75. The zero-order chi connectivity index (χ0) is 13.9. The molecule has 0 spiro atoms. The SMILES string of the molecule is Brc1sc(Br)c2c1SCCS2.C.c1scc2c1SCCS2. The minimum absolute atomic E-state index is 0. The highest BCUT2D eigenvalue weighted by Crippen LogP contribution is 2.50. The maximum absolute atomic E-state index is 3.56. The van der Waals surface area contributed by atoms with E-state index in [2.05, 4.69) is 42.6 Å². The summed E-state index contributed by atoms with van der Waals surface area (Å²) in [7, 11) is 0. The van der Waals surface area contributed by atoms with Crippen LogP contribution in [0.5, 0.6) is 0 Å². The molecule has 2 aliphatic rings. The van der Waals surface area contributed by atoms with Crippen LogP contribution >= 0.6 is 102 Å². The average molecular weight is 522 g/mol. The molecule has 0 unspecified atom stereocenters. The summed E-state index contributed by atoms with van der Waals surface area (Å²) < 4.78 is 2.55. The third-order valence-corrected chi connectivity index (χ3v) is 12.0. The number of hydrogen-bond donors (Lipinski definition) is 0. The number of halogens is 2. The molecule has 0 amide bonds. The number of rotatable bonds is 0. The molecule has 2 aromatic heterocycles. The van der Waals surface area contributed by atoms with Gasteiger partial charge in [0.05, 0.1) is 7.57 Å². The van der Waals surface area contributed by atoms with Crippen molar-refractivity contribution in [1.29, 1.82) is 0 Å². The minimum atomic E-state index is 0. The lowest BCUT2D eigenvalue weighted by atomic mass is 10.6. The van der Waals surface area contributed by atoms with E-state index in [1.807, 2.05) is 58.4 Å². The van der Waals surface area contributed by atoms with E-state index in [1.165, 1.54) is 50.2 Å². The Morgan fingerprint density at radius 3 is 1.62 bits per heavy atom. The van der Waals surface area contributed by atoms with Crippen LogP contribution in [0, 0.1) is 0 Å². The maximum Gasteiger partial charge on any atom is 0.0857 e. The van der Waals surface area contributed by atoms with Gasteiger partial charge in [0.15, 0.2) is 0 Å². The molecule has 0 N–H and O–H groups in total. The van der Waals surface area contributed by atoms with Crippen molar-refractivity contribution in [3.8, 4) is 0 Å². The van der Waals surface area contributed by atoms with Crippen LogP contribution in [0.1, 0.15) is 7.43 Å². The molecular formula is C13H14Br2S6. The Morgan fingerprint density at radius 1 is 0.714 bits per heavy atom. The van der Waals surface area contributed by atoms with Crippen LogP contribution in [-0.2, 0) is 0 Å². The molecular weight excluding hydrogens is 508 g/mol. The van der Waals surface area contributed by atoms with Gasteiger partial charge in [0.25, 0.3) is 0 Å². The predicted octanol–water partition coefficient (Wildman–Crippen LogP) is 8.05. The first-order valence-electron chi connectivity index (χ1n) is 5.81. The van der Waals surface area contributed by atoms with Gasteiger partial charge in [0.1, 0.15) is 0 Å². The summed E-state index contributed by atoms with van der Waals surface area (Å²) in [4.78, 5) is 5.85. The highest BCUT2D eigenvalue weighted by Gasteiger charge is 2.19. The molecule has 0 nitrogen and oxygen atoms in total. The van der Waals surface area contributed by atoms with Gasteiger partial charge in [-0.15, -0.1) is 58.4 Å². The molecule has 4 rings (SSSR count). The first kappa shape index (κ1) is 19.1. The molecule has 0 aliphatic carbocycles. The predicted molar refractivity (Wildman–Crippen MR) is 114 cm³/mol. The van der Waals surface area contributed by atoms with E-state index < -0.39 is 0 Å². The molecule has 0 bridgehead atoms. The summed E-state index contributed by atoms with van der Waals surface area (Å²) in [6.45, 7) is 0. The second-order valence-corrected chi connectivity index (χ2v) is 12.7.